The van der Waals surface area contributed by atoms with Crippen LogP contribution in [0.15, 0.2) is 17.7 Å². The van der Waals surface area contributed by atoms with Gasteiger partial charge in [-0.1, -0.05) is 26.2 Å². The molecule has 0 aromatic rings. The molecule has 0 saturated heterocycles. The Kier molecular flexibility index (Phi) is 10.6. The van der Waals surface area contributed by atoms with Crippen LogP contribution < -0.4 is 0 Å². The zero-order chi connectivity index (χ0) is 13.6. The zero-order valence-corrected chi connectivity index (χ0v) is 10.6. The van der Waals surface area contributed by atoms with E-state index in [-0.39, 0.29) is 12.8 Å². The van der Waals surface area contributed by atoms with E-state index in [9.17, 15) is 14.5 Å². The monoisotopic (exact) mass is 257 g/mol. The quantitative estimate of drug-likeness (QED) is 0.197. The van der Waals surface area contributed by atoms with Gasteiger partial charge >= 0.3 is 11.9 Å². The van der Waals surface area contributed by atoms with E-state index in [0.29, 0.717) is 0 Å². The first kappa shape index (κ1) is 16.3. The minimum atomic E-state index is -0.842. The summed E-state index contributed by atoms with van der Waals surface area (Å²) in [6.07, 6.45) is 8.26. The van der Waals surface area contributed by atoms with Gasteiger partial charge in [0.15, 0.2) is 5.34 Å². The van der Waals surface area contributed by atoms with E-state index in [2.05, 4.69) is 11.8 Å². The highest BCUT2D eigenvalue weighted by Crippen LogP contribution is 2.03. The van der Waals surface area contributed by atoms with E-state index in [1.54, 1.807) is 6.08 Å². The van der Waals surface area contributed by atoms with Crippen molar-refractivity contribution in [3.05, 3.63) is 17.2 Å². The number of carbonyl (C=O) groups is 2. The Morgan fingerprint density at radius 2 is 1.83 bits per heavy atom. The number of nitrogens with zero attached hydrogens (tertiary/aromatic N) is 1. The lowest BCUT2D eigenvalue weighted by molar-refractivity contribution is -0.148. The van der Waals surface area contributed by atoms with Crippen LogP contribution in [0.4, 0.5) is 0 Å². The minimum absolute atomic E-state index is 0.130. The van der Waals surface area contributed by atoms with Crippen molar-refractivity contribution in [2.24, 2.45) is 5.34 Å². The number of hydrogen-bond donors (Lipinski definition) is 0. The smallest absolute Gasteiger partial charge is 0.339 e. The number of esters is 1. The molecule has 0 fully saturated rings. The Balaban J connectivity index is 3.49. The van der Waals surface area contributed by atoms with Gasteiger partial charge in [0.25, 0.3) is 0 Å². The van der Waals surface area contributed by atoms with Crippen LogP contribution in [-0.2, 0) is 19.2 Å². The molecule has 6 heteroatoms. The van der Waals surface area contributed by atoms with Crippen molar-refractivity contribution in [3.63, 3.8) is 0 Å². The molecular weight excluding hydrogens is 238 g/mol. The van der Waals surface area contributed by atoms with E-state index in [1.807, 2.05) is 5.34 Å². The van der Waals surface area contributed by atoms with Gasteiger partial charge in [-0.25, -0.2) is 4.79 Å². The fraction of sp³-hybridized carbons (Fsp3) is 0.667. The molecule has 0 radical (unpaired) electrons. The molecular formula is C12H19NO5. The van der Waals surface area contributed by atoms with Crippen LogP contribution in [0.3, 0.4) is 0 Å². The molecule has 0 saturated carbocycles. The molecule has 6 nitrogen and oxygen atoms in total. The number of rotatable bonds is 10. The highest BCUT2D eigenvalue weighted by molar-refractivity contribution is 5.77. The fourth-order valence-electron chi connectivity index (χ4n) is 1.23. The van der Waals surface area contributed by atoms with Gasteiger partial charge in [0.2, 0.25) is 0 Å². The molecule has 0 aromatic carbocycles. The molecule has 0 bridgehead atoms. The molecule has 18 heavy (non-hydrogen) atoms. The first-order chi connectivity index (χ1) is 8.70. The second-order valence-electron chi connectivity index (χ2n) is 3.75. The van der Waals surface area contributed by atoms with Crippen molar-refractivity contribution >= 4 is 11.9 Å². The predicted octanol–water partition coefficient (Wildman–Crippen LogP) is 3.02. The van der Waals surface area contributed by atoms with Gasteiger partial charge in [-0.15, -0.1) is 4.91 Å². The summed E-state index contributed by atoms with van der Waals surface area (Å²) in [7, 11) is 0. The van der Waals surface area contributed by atoms with Crippen LogP contribution in [-0.4, -0.2) is 11.9 Å². The molecule has 0 heterocycles. The SMILES string of the molecule is CCCCCCC=COC(=O)CCC(=O)ON=O. The van der Waals surface area contributed by atoms with Crippen molar-refractivity contribution in [2.75, 3.05) is 0 Å². The maximum atomic E-state index is 11.1. The molecule has 0 atom stereocenters. The van der Waals surface area contributed by atoms with Crippen molar-refractivity contribution < 1.29 is 19.2 Å². The molecule has 0 amide bonds. The zero-order valence-electron chi connectivity index (χ0n) is 10.6. The standard InChI is InChI=1S/C12H19NO5/c1-2-3-4-5-6-7-10-17-11(14)8-9-12(15)18-13-16/h7,10H,2-6,8-9H2,1H3. The van der Waals surface area contributed by atoms with E-state index in [1.165, 1.54) is 25.5 Å². The lowest BCUT2D eigenvalue weighted by atomic mass is 10.1. The lowest BCUT2D eigenvalue weighted by Crippen LogP contribution is -2.05. The van der Waals surface area contributed by atoms with Gasteiger partial charge in [-0.05, 0) is 18.9 Å². The number of allylic oxidation sites excluding steroid dienone is 1. The second-order valence-corrected chi connectivity index (χ2v) is 3.75. The summed E-state index contributed by atoms with van der Waals surface area (Å²) in [4.78, 5) is 35.1. The Morgan fingerprint density at radius 1 is 1.11 bits per heavy atom. The average Bonchev–Trinajstić information content (AvgIpc) is 2.35. The summed E-state index contributed by atoms with van der Waals surface area (Å²) in [5, 5.41) is 1.96. The van der Waals surface area contributed by atoms with Crippen LogP contribution in [0.2, 0.25) is 0 Å². The first-order valence-corrected chi connectivity index (χ1v) is 6.07. The third-order valence-electron chi connectivity index (χ3n) is 2.19. The van der Waals surface area contributed by atoms with Crippen LogP contribution in [0.25, 0.3) is 0 Å². The summed E-state index contributed by atoms with van der Waals surface area (Å²) in [6, 6.07) is 0. The fourth-order valence-corrected chi connectivity index (χ4v) is 1.23. The molecule has 0 aliphatic heterocycles. The Labute approximate surface area is 106 Å². The molecule has 0 rings (SSSR count). The average molecular weight is 257 g/mol. The molecule has 0 aromatic heterocycles. The topological polar surface area (TPSA) is 82.0 Å². The first-order valence-electron chi connectivity index (χ1n) is 6.07. The highest BCUT2D eigenvalue weighted by atomic mass is 16.7. The second kappa shape index (κ2) is 11.8. The lowest BCUT2D eigenvalue weighted by Gasteiger charge is -1.97. The summed E-state index contributed by atoms with van der Waals surface area (Å²) in [5.74, 6) is -1.38. The van der Waals surface area contributed by atoms with Gasteiger partial charge in [0.05, 0.1) is 19.1 Å². The van der Waals surface area contributed by atoms with Crippen molar-refractivity contribution in [2.45, 2.75) is 51.9 Å². The molecule has 0 aliphatic rings. The van der Waals surface area contributed by atoms with Gasteiger partial charge in [-0.2, -0.15) is 0 Å². The summed E-state index contributed by atoms with van der Waals surface area (Å²) in [5.41, 5.74) is 0. The van der Waals surface area contributed by atoms with Crippen LogP contribution in [0, 0.1) is 4.91 Å². The molecule has 0 unspecified atom stereocenters. The molecule has 0 aliphatic carbocycles. The van der Waals surface area contributed by atoms with Gasteiger partial charge in [0.1, 0.15) is 0 Å². The number of unbranched alkanes of at least 4 members (excludes halogenated alkanes) is 4. The summed E-state index contributed by atoms with van der Waals surface area (Å²) in [6.45, 7) is 2.14. The molecule has 102 valence electrons. The number of carbonyl (C=O) groups excluding carboxylic acids is 2. The minimum Gasteiger partial charge on any atom is -0.435 e. The van der Waals surface area contributed by atoms with Crippen LogP contribution in [0.5, 0.6) is 0 Å². The Hall–Kier alpha value is -1.72. The van der Waals surface area contributed by atoms with E-state index in [0.717, 1.165) is 12.8 Å². The van der Waals surface area contributed by atoms with Crippen LogP contribution in [0.1, 0.15) is 51.9 Å². The maximum absolute atomic E-state index is 11.1. The van der Waals surface area contributed by atoms with Crippen molar-refractivity contribution in [3.8, 4) is 0 Å². The summed E-state index contributed by atoms with van der Waals surface area (Å²) >= 11 is 0. The number of hydrogen-bond acceptors (Lipinski definition) is 6. The largest absolute Gasteiger partial charge is 0.435 e. The Bertz CT molecular complexity index is 288. The summed E-state index contributed by atoms with van der Waals surface area (Å²) < 4.78 is 4.74. The van der Waals surface area contributed by atoms with E-state index in [4.69, 9.17) is 4.74 Å². The van der Waals surface area contributed by atoms with Crippen molar-refractivity contribution in [1.82, 2.24) is 0 Å². The van der Waals surface area contributed by atoms with Gasteiger partial charge in [-0.3, -0.25) is 9.63 Å². The molecule has 0 N–H and O–H groups in total. The van der Waals surface area contributed by atoms with Crippen LogP contribution >= 0.6 is 0 Å². The van der Waals surface area contributed by atoms with Gasteiger partial charge in [0, 0.05) is 0 Å². The molecule has 0 spiro atoms. The normalized spacial score (nSPS) is 10.3. The van der Waals surface area contributed by atoms with Gasteiger partial charge < -0.3 is 4.74 Å². The third kappa shape index (κ3) is 10.8. The third-order valence-corrected chi connectivity index (χ3v) is 2.19. The Morgan fingerprint density at radius 3 is 2.50 bits per heavy atom. The highest BCUT2D eigenvalue weighted by Gasteiger charge is 2.08. The predicted molar refractivity (Wildman–Crippen MR) is 65.1 cm³/mol. The number of ether oxygens (including phenoxy) is 1. The van der Waals surface area contributed by atoms with E-state index < -0.39 is 11.9 Å². The van der Waals surface area contributed by atoms with E-state index >= 15 is 0 Å². The van der Waals surface area contributed by atoms with Crippen molar-refractivity contribution in [1.29, 1.82) is 0 Å². The maximum Gasteiger partial charge on any atom is 0.339 e.